The molecule has 0 atom stereocenters. The van der Waals surface area contributed by atoms with Crippen molar-refractivity contribution in [2.24, 2.45) is 13.0 Å². The van der Waals surface area contributed by atoms with Gasteiger partial charge in [0.2, 0.25) is 0 Å². The van der Waals surface area contributed by atoms with Crippen LogP contribution in [0.5, 0.6) is 0 Å². The van der Waals surface area contributed by atoms with E-state index in [1.54, 1.807) is 0 Å². The highest BCUT2D eigenvalue weighted by molar-refractivity contribution is 7.84. The van der Waals surface area contributed by atoms with Crippen molar-refractivity contribution < 1.29 is 4.57 Å². The molecule has 0 saturated carbocycles. The highest BCUT2D eigenvalue weighted by Gasteiger charge is 2.26. The summed E-state index contributed by atoms with van der Waals surface area (Å²) >= 11 is 4.44. The van der Waals surface area contributed by atoms with E-state index in [4.69, 9.17) is 0 Å². The number of benzene rings is 1. The normalized spacial score (nSPS) is 12.6. The molecule has 0 spiro atoms. The van der Waals surface area contributed by atoms with Crippen molar-refractivity contribution in [3.05, 3.63) is 59.8 Å². The van der Waals surface area contributed by atoms with Gasteiger partial charge in [-0.15, -0.1) is 12.6 Å². The number of allylic oxidation sites excluding steroid dienone is 4. The summed E-state index contributed by atoms with van der Waals surface area (Å²) in [6.45, 7) is 14.7. The Morgan fingerprint density at radius 1 is 1.35 bits per heavy atom. The van der Waals surface area contributed by atoms with Crippen LogP contribution in [-0.4, -0.2) is 4.57 Å². The molecule has 0 bridgehead atoms. The molecule has 0 unspecified atom stereocenters. The topological polar surface area (TPSA) is 8.81 Å². The standard InChI is InChI=1S/C20H26N2S/c1-7-16(14(3)4)17(8-2)22-19-12-10-9-11-18(19)21(6)20(22)13-15(5)23/h7,9-12,14H,1,5,8,13H2,2-4,6H3/p+1/b17-16-. The lowest BCUT2D eigenvalue weighted by atomic mass is 9.99. The second kappa shape index (κ2) is 7.22. The van der Waals surface area contributed by atoms with Crippen LogP contribution in [0.1, 0.15) is 33.0 Å². The SMILES string of the molecule is C=C/C(=C(\CC)n1c(CC(=C)S)[n+](C)c2ccccc21)C(C)C. The molecule has 0 saturated heterocycles. The zero-order valence-electron chi connectivity index (χ0n) is 14.6. The summed E-state index contributed by atoms with van der Waals surface area (Å²) < 4.78 is 4.61. The van der Waals surface area contributed by atoms with E-state index < -0.39 is 0 Å². The van der Waals surface area contributed by atoms with E-state index in [-0.39, 0.29) is 0 Å². The number of hydrogen-bond acceptors (Lipinski definition) is 1. The number of aromatic nitrogens is 2. The summed E-state index contributed by atoms with van der Waals surface area (Å²) in [6.07, 6.45) is 3.68. The summed E-state index contributed by atoms with van der Waals surface area (Å²) in [4.78, 5) is 0.866. The fourth-order valence-corrected chi connectivity index (χ4v) is 3.37. The third-order valence-corrected chi connectivity index (χ3v) is 4.43. The van der Waals surface area contributed by atoms with Crippen molar-refractivity contribution in [2.45, 2.75) is 33.6 Å². The van der Waals surface area contributed by atoms with Gasteiger partial charge >= 0.3 is 0 Å². The van der Waals surface area contributed by atoms with Gasteiger partial charge in [0.1, 0.15) is 5.70 Å². The van der Waals surface area contributed by atoms with Crippen LogP contribution in [0.15, 0.2) is 54.0 Å². The van der Waals surface area contributed by atoms with Gasteiger partial charge in [0.25, 0.3) is 5.82 Å². The van der Waals surface area contributed by atoms with E-state index in [0.29, 0.717) is 5.92 Å². The molecule has 3 heteroatoms. The molecule has 122 valence electrons. The Morgan fingerprint density at radius 2 is 2.00 bits per heavy atom. The summed E-state index contributed by atoms with van der Waals surface area (Å²) in [6, 6.07) is 8.51. The third kappa shape index (κ3) is 3.30. The number of rotatable bonds is 6. The Balaban J connectivity index is 2.90. The van der Waals surface area contributed by atoms with Crippen LogP contribution in [-0.2, 0) is 13.5 Å². The van der Waals surface area contributed by atoms with E-state index in [2.05, 4.69) is 87.0 Å². The molecule has 2 aromatic rings. The van der Waals surface area contributed by atoms with Gasteiger partial charge in [-0.1, -0.05) is 52.1 Å². The Hall–Kier alpha value is -1.74. The molecule has 1 heterocycles. The first kappa shape index (κ1) is 17.6. The van der Waals surface area contributed by atoms with E-state index in [1.165, 1.54) is 28.1 Å². The largest absolute Gasteiger partial charge is 0.267 e. The number of para-hydroxylation sites is 2. The van der Waals surface area contributed by atoms with Gasteiger partial charge in [0.15, 0.2) is 11.0 Å². The van der Waals surface area contributed by atoms with Gasteiger partial charge in [0, 0.05) is 6.42 Å². The van der Waals surface area contributed by atoms with Gasteiger partial charge in [-0.3, -0.25) is 0 Å². The Labute approximate surface area is 145 Å². The molecule has 2 nitrogen and oxygen atoms in total. The molecule has 1 aromatic heterocycles. The lowest BCUT2D eigenvalue weighted by Gasteiger charge is -2.13. The van der Waals surface area contributed by atoms with Gasteiger partial charge < -0.3 is 0 Å². The molecular formula is C20H27N2S+. The molecule has 0 aliphatic heterocycles. The maximum absolute atomic E-state index is 4.44. The van der Waals surface area contributed by atoms with Crippen LogP contribution in [0.4, 0.5) is 0 Å². The van der Waals surface area contributed by atoms with Crippen LogP contribution in [0.3, 0.4) is 0 Å². The first-order valence-corrected chi connectivity index (χ1v) is 8.58. The Kier molecular flexibility index (Phi) is 5.53. The maximum atomic E-state index is 4.44. The molecule has 0 radical (unpaired) electrons. The summed E-state index contributed by atoms with van der Waals surface area (Å²) in [7, 11) is 2.11. The number of hydrogen-bond donors (Lipinski definition) is 1. The van der Waals surface area contributed by atoms with Gasteiger partial charge in [-0.2, -0.15) is 4.57 Å². The number of imidazole rings is 1. The maximum Gasteiger partial charge on any atom is 0.267 e. The first-order valence-electron chi connectivity index (χ1n) is 8.13. The minimum atomic E-state index is 0.431. The molecule has 0 aliphatic rings. The van der Waals surface area contributed by atoms with E-state index in [1.807, 2.05) is 6.08 Å². The molecular weight excluding hydrogens is 300 g/mol. The highest BCUT2D eigenvalue weighted by atomic mass is 32.1. The van der Waals surface area contributed by atoms with Gasteiger partial charge in [0.05, 0.1) is 13.5 Å². The average molecular weight is 328 g/mol. The zero-order chi connectivity index (χ0) is 17.1. The predicted octanol–water partition coefficient (Wildman–Crippen LogP) is 4.91. The van der Waals surface area contributed by atoms with Crippen LogP contribution in [0.25, 0.3) is 16.7 Å². The van der Waals surface area contributed by atoms with E-state index >= 15 is 0 Å². The fraction of sp³-hybridized carbons (Fsp3) is 0.350. The molecule has 0 fully saturated rings. The number of nitrogens with zero attached hydrogens (tertiary/aromatic N) is 2. The molecule has 0 amide bonds. The molecule has 0 aliphatic carbocycles. The Morgan fingerprint density at radius 3 is 2.52 bits per heavy atom. The van der Waals surface area contributed by atoms with Crippen molar-refractivity contribution in [1.29, 1.82) is 0 Å². The second-order valence-corrected chi connectivity index (χ2v) is 6.79. The number of fused-ring (bicyclic) bond motifs is 1. The van der Waals surface area contributed by atoms with Crippen LogP contribution in [0.2, 0.25) is 0 Å². The summed E-state index contributed by atoms with van der Waals surface area (Å²) in [5.41, 5.74) is 5.03. The lowest BCUT2D eigenvalue weighted by molar-refractivity contribution is -0.653. The first-order chi connectivity index (χ1) is 10.9. The zero-order valence-corrected chi connectivity index (χ0v) is 15.5. The summed E-state index contributed by atoms with van der Waals surface area (Å²) in [5.74, 6) is 1.63. The van der Waals surface area contributed by atoms with Gasteiger partial charge in [-0.25, -0.2) is 4.57 Å². The smallest absolute Gasteiger partial charge is 0.229 e. The van der Waals surface area contributed by atoms with Crippen LogP contribution >= 0.6 is 12.6 Å². The minimum absolute atomic E-state index is 0.431. The van der Waals surface area contributed by atoms with Gasteiger partial charge in [-0.05, 0) is 28.5 Å². The van der Waals surface area contributed by atoms with Crippen LogP contribution < -0.4 is 4.57 Å². The molecule has 23 heavy (non-hydrogen) atoms. The third-order valence-electron chi connectivity index (χ3n) is 4.27. The Bertz CT molecular complexity index is 778. The highest BCUT2D eigenvalue weighted by Crippen LogP contribution is 2.28. The van der Waals surface area contributed by atoms with Crippen molar-refractivity contribution in [2.75, 3.05) is 0 Å². The lowest BCUT2D eigenvalue weighted by Crippen LogP contribution is -2.33. The van der Waals surface area contributed by atoms with E-state index in [0.717, 1.165) is 17.7 Å². The van der Waals surface area contributed by atoms with Crippen molar-refractivity contribution in [3.8, 4) is 0 Å². The molecule has 2 rings (SSSR count). The molecule has 0 N–H and O–H groups in total. The summed E-state index contributed by atoms with van der Waals surface area (Å²) in [5, 5.41) is 0. The number of thiol groups is 1. The monoisotopic (exact) mass is 327 g/mol. The van der Waals surface area contributed by atoms with Crippen molar-refractivity contribution >= 4 is 29.4 Å². The van der Waals surface area contributed by atoms with Crippen molar-refractivity contribution in [1.82, 2.24) is 4.57 Å². The quantitative estimate of drug-likeness (QED) is 0.438. The predicted molar refractivity (Wildman–Crippen MR) is 103 cm³/mol. The second-order valence-electron chi connectivity index (χ2n) is 6.16. The minimum Gasteiger partial charge on any atom is -0.229 e. The fourth-order valence-electron chi connectivity index (χ4n) is 3.22. The molecule has 1 aromatic carbocycles. The van der Waals surface area contributed by atoms with E-state index in [9.17, 15) is 0 Å². The van der Waals surface area contributed by atoms with Crippen molar-refractivity contribution in [3.63, 3.8) is 0 Å². The average Bonchev–Trinajstić information content (AvgIpc) is 2.77. The van der Waals surface area contributed by atoms with Crippen LogP contribution in [0, 0.1) is 5.92 Å². The number of aryl methyl sites for hydroxylation is 1.